The Bertz CT molecular complexity index is 1030. The zero-order valence-electron chi connectivity index (χ0n) is 17.7. The molecule has 0 bridgehead atoms. The molecule has 0 radical (unpaired) electrons. The number of piperazine rings is 1. The maximum Gasteiger partial charge on any atom is 0.236 e. The van der Waals surface area contributed by atoms with Crippen LogP contribution in [0.4, 0.5) is 0 Å². The third-order valence-corrected chi connectivity index (χ3v) is 6.95. The summed E-state index contributed by atoms with van der Waals surface area (Å²) in [5.74, 6) is 1.33. The second-order valence-electron chi connectivity index (χ2n) is 8.34. The first-order valence-corrected chi connectivity index (χ1v) is 11.7. The lowest BCUT2D eigenvalue weighted by Crippen LogP contribution is -2.51. The number of fused-ring (bicyclic) bond motifs is 1. The molecule has 0 N–H and O–H groups in total. The summed E-state index contributed by atoms with van der Waals surface area (Å²) in [4.78, 5) is 19.8. The molecule has 0 saturated carbocycles. The average Bonchev–Trinajstić information content (AvgIpc) is 3.45. The fourth-order valence-corrected chi connectivity index (χ4v) is 5.16. The molecule has 1 aromatic carbocycles. The molecule has 162 valence electrons. The predicted molar refractivity (Wildman–Crippen MR) is 119 cm³/mol. The quantitative estimate of drug-likeness (QED) is 0.612. The molecule has 5 rings (SSSR count). The van der Waals surface area contributed by atoms with E-state index < -0.39 is 0 Å². The van der Waals surface area contributed by atoms with Crippen LogP contribution in [-0.2, 0) is 24.3 Å². The highest BCUT2D eigenvalue weighted by Gasteiger charge is 2.33. The summed E-state index contributed by atoms with van der Waals surface area (Å²) >= 11 is 1.73. The summed E-state index contributed by atoms with van der Waals surface area (Å²) in [6.45, 7) is 7.23. The van der Waals surface area contributed by atoms with Gasteiger partial charge in [0.1, 0.15) is 0 Å². The van der Waals surface area contributed by atoms with Crippen LogP contribution in [0.3, 0.4) is 0 Å². The molecule has 0 spiro atoms. The van der Waals surface area contributed by atoms with Crippen molar-refractivity contribution in [2.24, 2.45) is 0 Å². The molecule has 8 heteroatoms. The van der Waals surface area contributed by atoms with E-state index in [1.807, 2.05) is 4.90 Å². The van der Waals surface area contributed by atoms with Gasteiger partial charge in [0.05, 0.1) is 12.6 Å². The molecule has 1 unspecified atom stereocenters. The topological polar surface area (TPSA) is 65.7 Å². The van der Waals surface area contributed by atoms with Crippen LogP contribution in [0, 0.1) is 6.92 Å². The van der Waals surface area contributed by atoms with Gasteiger partial charge in [0.2, 0.25) is 17.7 Å². The van der Waals surface area contributed by atoms with Gasteiger partial charge in [-0.3, -0.25) is 14.6 Å². The SMILES string of the molecule is Cc1nnc(C2Cc3ccccc3CN2CC(=O)N2CCN(Cc3ccsc3)CC2)o1. The molecule has 31 heavy (non-hydrogen) atoms. The Morgan fingerprint density at radius 1 is 1.13 bits per heavy atom. The number of thiophene rings is 1. The fraction of sp³-hybridized carbons (Fsp3) is 0.435. The molecule has 2 aliphatic rings. The zero-order valence-corrected chi connectivity index (χ0v) is 18.6. The van der Waals surface area contributed by atoms with Crippen molar-refractivity contribution < 1.29 is 9.21 Å². The number of nitrogens with zero attached hydrogens (tertiary/aromatic N) is 5. The summed E-state index contributed by atoms with van der Waals surface area (Å²) in [7, 11) is 0. The van der Waals surface area contributed by atoms with E-state index in [9.17, 15) is 4.79 Å². The van der Waals surface area contributed by atoms with E-state index >= 15 is 0 Å². The number of carbonyl (C=O) groups excluding carboxylic acids is 1. The highest BCUT2D eigenvalue weighted by Crippen LogP contribution is 2.32. The molecule has 1 atom stereocenters. The van der Waals surface area contributed by atoms with Gasteiger partial charge in [0, 0.05) is 46.2 Å². The largest absolute Gasteiger partial charge is 0.424 e. The van der Waals surface area contributed by atoms with Crippen molar-refractivity contribution in [1.82, 2.24) is 24.9 Å². The molecular formula is C23H27N5O2S. The Balaban J connectivity index is 1.25. The molecule has 0 aliphatic carbocycles. The lowest BCUT2D eigenvalue weighted by atomic mass is 9.94. The molecule has 4 heterocycles. The Morgan fingerprint density at radius 2 is 1.94 bits per heavy atom. The Labute approximate surface area is 186 Å². The van der Waals surface area contributed by atoms with Crippen LogP contribution in [-0.4, -0.2) is 63.5 Å². The third-order valence-electron chi connectivity index (χ3n) is 6.22. The number of aromatic nitrogens is 2. The number of benzene rings is 1. The summed E-state index contributed by atoms with van der Waals surface area (Å²) in [5.41, 5.74) is 3.91. The number of hydrogen-bond donors (Lipinski definition) is 0. The van der Waals surface area contributed by atoms with Crippen LogP contribution in [0.1, 0.15) is 34.5 Å². The maximum absolute atomic E-state index is 13.2. The molecule has 7 nitrogen and oxygen atoms in total. The van der Waals surface area contributed by atoms with Gasteiger partial charge in [-0.1, -0.05) is 24.3 Å². The zero-order chi connectivity index (χ0) is 21.2. The van der Waals surface area contributed by atoms with Crippen molar-refractivity contribution in [2.75, 3.05) is 32.7 Å². The minimum atomic E-state index is -0.0695. The highest BCUT2D eigenvalue weighted by molar-refractivity contribution is 7.07. The number of rotatable bonds is 5. The molecule has 2 aromatic heterocycles. The lowest BCUT2D eigenvalue weighted by Gasteiger charge is -2.38. The molecule has 3 aromatic rings. The van der Waals surface area contributed by atoms with Crippen molar-refractivity contribution in [3.8, 4) is 0 Å². The van der Waals surface area contributed by atoms with Crippen molar-refractivity contribution >= 4 is 17.2 Å². The van der Waals surface area contributed by atoms with Crippen molar-refractivity contribution in [3.05, 3.63) is 69.6 Å². The number of aryl methyl sites for hydroxylation is 1. The number of hydrogen-bond acceptors (Lipinski definition) is 7. The van der Waals surface area contributed by atoms with Gasteiger partial charge < -0.3 is 9.32 Å². The van der Waals surface area contributed by atoms with Crippen LogP contribution in [0.5, 0.6) is 0 Å². The van der Waals surface area contributed by atoms with Crippen LogP contribution in [0.25, 0.3) is 0 Å². The van der Waals surface area contributed by atoms with E-state index in [1.54, 1.807) is 18.3 Å². The van der Waals surface area contributed by atoms with Crippen molar-refractivity contribution in [2.45, 2.75) is 32.5 Å². The summed E-state index contributed by atoms with van der Waals surface area (Å²) in [5, 5.41) is 12.6. The Morgan fingerprint density at radius 3 is 2.65 bits per heavy atom. The molecule has 1 fully saturated rings. The van der Waals surface area contributed by atoms with Crippen molar-refractivity contribution in [1.29, 1.82) is 0 Å². The van der Waals surface area contributed by atoms with Gasteiger partial charge in [0.25, 0.3) is 0 Å². The summed E-state index contributed by atoms with van der Waals surface area (Å²) in [6, 6.07) is 10.5. The second kappa shape index (κ2) is 8.90. The molecular weight excluding hydrogens is 410 g/mol. The lowest BCUT2D eigenvalue weighted by molar-refractivity contribution is -0.135. The average molecular weight is 438 g/mol. The van der Waals surface area contributed by atoms with Crippen molar-refractivity contribution in [3.63, 3.8) is 0 Å². The van der Waals surface area contributed by atoms with Crippen LogP contribution >= 0.6 is 11.3 Å². The first kappa shape index (κ1) is 20.4. The first-order chi connectivity index (χ1) is 15.2. The minimum absolute atomic E-state index is 0.0695. The van der Waals surface area contributed by atoms with E-state index in [4.69, 9.17) is 4.42 Å². The molecule has 2 aliphatic heterocycles. The normalized spacial score (nSPS) is 20.0. The molecule has 1 amide bonds. The van der Waals surface area contributed by atoms with Gasteiger partial charge >= 0.3 is 0 Å². The second-order valence-corrected chi connectivity index (χ2v) is 9.12. The fourth-order valence-electron chi connectivity index (χ4n) is 4.50. The van der Waals surface area contributed by atoms with E-state index in [1.165, 1.54) is 16.7 Å². The van der Waals surface area contributed by atoms with Gasteiger partial charge in [-0.05, 0) is 39.9 Å². The minimum Gasteiger partial charge on any atom is -0.424 e. The third kappa shape index (κ3) is 4.56. The molecule has 1 saturated heterocycles. The van der Waals surface area contributed by atoms with Gasteiger partial charge in [-0.15, -0.1) is 10.2 Å². The predicted octanol–water partition coefficient (Wildman–Crippen LogP) is 2.88. The number of carbonyl (C=O) groups is 1. The van der Waals surface area contributed by atoms with Gasteiger partial charge in [-0.2, -0.15) is 11.3 Å². The van der Waals surface area contributed by atoms with E-state index in [-0.39, 0.29) is 11.9 Å². The standard InChI is InChI=1S/C23H27N5O2S/c1-17-24-25-23(30-17)21-12-19-4-2-3-5-20(19)14-28(21)15-22(29)27-9-7-26(8-10-27)13-18-6-11-31-16-18/h2-6,11,16,21H,7-10,12-15H2,1H3. The van der Waals surface area contributed by atoms with E-state index in [2.05, 4.69) is 61.1 Å². The van der Waals surface area contributed by atoms with Gasteiger partial charge in [-0.25, -0.2) is 0 Å². The monoisotopic (exact) mass is 437 g/mol. The Hall–Kier alpha value is -2.55. The highest BCUT2D eigenvalue weighted by atomic mass is 32.1. The maximum atomic E-state index is 13.2. The van der Waals surface area contributed by atoms with Crippen LogP contribution in [0.15, 0.2) is 45.5 Å². The smallest absolute Gasteiger partial charge is 0.236 e. The first-order valence-electron chi connectivity index (χ1n) is 10.8. The van der Waals surface area contributed by atoms with E-state index in [0.29, 0.717) is 24.9 Å². The van der Waals surface area contributed by atoms with Crippen LogP contribution < -0.4 is 0 Å². The van der Waals surface area contributed by atoms with Crippen LogP contribution in [0.2, 0.25) is 0 Å². The summed E-state index contributed by atoms with van der Waals surface area (Å²) < 4.78 is 5.76. The summed E-state index contributed by atoms with van der Waals surface area (Å²) in [6.07, 6.45) is 0.777. The number of amides is 1. The van der Waals surface area contributed by atoms with Gasteiger partial charge in [0.15, 0.2) is 0 Å². The Kier molecular flexibility index (Phi) is 5.85. The van der Waals surface area contributed by atoms with E-state index in [0.717, 1.165) is 39.1 Å².